The Bertz CT molecular complexity index is 428. The third-order valence-electron chi connectivity index (χ3n) is 4.42. The van der Waals surface area contributed by atoms with Crippen molar-refractivity contribution in [3.63, 3.8) is 0 Å². The Balaban J connectivity index is 1.75. The minimum Gasteiger partial charge on any atom is -0.481 e. The molecule has 2 heterocycles. The average molecular weight is 297 g/mol. The van der Waals surface area contributed by atoms with Crippen LogP contribution in [0.25, 0.3) is 0 Å². The van der Waals surface area contributed by atoms with Crippen LogP contribution in [0.3, 0.4) is 0 Å². The Morgan fingerprint density at radius 3 is 2.19 bits per heavy atom. The monoisotopic (exact) mass is 297 g/mol. The van der Waals surface area contributed by atoms with Crippen molar-refractivity contribution < 1.29 is 19.5 Å². The Morgan fingerprint density at radius 1 is 1.10 bits per heavy atom. The van der Waals surface area contributed by atoms with Crippen LogP contribution in [0.1, 0.15) is 26.7 Å². The summed E-state index contributed by atoms with van der Waals surface area (Å²) in [4.78, 5) is 38.3. The second kappa shape index (κ2) is 6.32. The summed E-state index contributed by atoms with van der Waals surface area (Å²) in [5, 5.41) is 11.6. The van der Waals surface area contributed by atoms with Gasteiger partial charge < -0.3 is 20.2 Å². The molecule has 0 aromatic carbocycles. The van der Waals surface area contributed by atoms with E-state index in [0.717, 1.165) is 25.9 Å². The standard InChI is InChI=1S/C14H23N3O4/c1-9(13(19)20)11-7-17(8-11)14(21)15-10(2)12(18)16-5-3-4-6-16/h9-11H,3-8H2,1-2H3,(H,15,21)(H,19,20). The van der Waals surface area contributed by atoms with E-state index in [9.17, 15) is 14.4 Å². The molecule has 3 amide bonds. The number of carboxylic acid groups (broad SMARTS) is 1. The van der Waals surface area contributed by atoms with E-state index in [1.165, 1.54) is 0 Å². The van der Waals surface area contributed by atoms with Gasteiger partial charge in [-0.25, -0.2) is 4.79 Å². The summed E-state index contributed by atoms with van der Waals surface area (Å²) in [7, 11) is 0. The number of carbonyl (C=O) groups is 3. The zero-order chi connectivity index (χ0) is 15.6. The SMILES string of the molecule is CC(NC(=O)N1CC(C(C)C(=O)O)C1)C(=O)N1CCCC1. The van der Waals surface area contributed by atoms with Crippen LogP contribution in [0.2, 0.25) is 0 Å². The van der Waals surface area contributed by atoms with Crippen molar-refractivity contribution >= 4 is 17.9 Å². The molecule has 0 saturated carbocycles. The lowest BCUT2D eigenvalue weighted by atomic mass is 9.87. The highest BCUT2D eigenvalue weighted by Gasteiger charge is 2.38. The fraction of sp³-hybridized carbons (Fsp3) is 0.786. The topological polar surface area (TPSA) is 90.0 Å². The highest BCUT2D eigenvalue weighted by atomic mass is 16.4. The van der Waals surface area contributed by atoms with Crippen LogP contribution in [-0.2, 0) is 9.59 Å². The van der Waals surface area contributed by atoms with Crippen molar-refractivity contribution in [2.75, 3.05) is 26.2 Å². The number of nitrogens with zero attached hydrogens (tertiary/aromatic N) is 2. The summed E-state index contributed by atoms with van der Waals surface area (Å²) in [5.74, 6) is -1.33. The van der Waals surface area contributed by atoms with Gasteiger partial charge in [-0.05, 0) is 19.8 Å². The molecule has 0 spiro atoms. The molecule has 21 heavy (non-hydrogen) atoms. The van der Waals surface area contributed by atoms with Crippen molar-refractivity contribution in [2.24, 2.45) is 11.8 Å². The molecule has 2 aliphatic heterocycles. The lowest BCUT2D eigenvalue weighted by Crippen LogP contribution is -2.59. The molecule has 2 atom stereocenters. The van der Waals surface area contributed by atoms with Crippen molar-refractivity contribution in [2.45, 2.75) is 32.7 Å². The lowest BCUT2D eigenvalue weighted by Gasteiger charge is -2.41. The van der Waals surface area contributed by atoms with Crippen LogP contribution in [0.4, 0.5) is 4.79 Å². The maximum absolute atomic E-state index is 12.1. The zero-order valence-electron chi connectivity index (χ0n) is 12.5. The van der Waals surface area contributed by atoms with E-state index in [4.69, 9.17) is 5.11 Å². The Hall–Kier alpha value is -1.79. The first-order chi connectivity index (χ1) is 9.90. The quantitative estimate of drug-likeness (QED) is 0.784. The summed E-state index contributed by atoms with van der Waals surface area (Å²) >= 11 is 0. The Kier molecular flexibility index (Phi) is 4.69. The van der Waals surface area contributed by atoms with Gasteiger partial charge >= 0.3 is 12.0 Å². The van der Waals surface area contributed by atoms with Crippen molar-refractivity contribution in [3.05, 3.63) is 0 Å². The van der Waals surface area contributed by atoms with Gasteiger partial charge in [0.15, 0.2) is 0 Å². The third-order valence-corrected chi connectivity index (χ3v) is 4.42. The minimum atomic E-state index is -0.836. The summed E-state index contributed by atoms with van der Waals surface area (Å²) in [5.41, 5.74) is 0. The van der Waals surface area contributed by atoms with E-state index in [1.807, 2.05) is 0 Å². The number of carboxylic acids is 1. The van der Waals surface area contributed by atoms with Crippen LogP contribution in [0.15, 0.2) is 0 Å². The van der Waals surface area contributed by atoms with Gasteiger partial charge in [-0.2, -0.15) is 0 Å². The molecule has 0 aliphatic carbocycles. The van der Waals surface area contributed by atoms with E-state index >= 15 is 0 Å². The fourth-order valence-corrected chi connectivity index (χ4v) is 2.75. The number of urea groups is 1. The molecule has 2 unspecified atom stereocenters. The van der Waals surface area contributed by atoms with Crippen LogP contribution >= 0.6 is 0 Å². The molecule has 2 rings (SSSR count). The first-order valence-corrected chi connectivity index (χ1v) is 7.47. The zero-order valence-corrected chi connectivity index (χ0v) is 12.5. The van der Waals surface area contributed by atoms with Gasteiger partial charge in [0.25, 0.3) is 0 Å². The van der Waals surface area contributed by atoms with Crippen LogP contribution in [-0.4, -0.2) is 65.0 Å². The second-order valence-corrected chi connectivity index (χ2v) is 6.00. The van der Waals surface area contributed by atoms with Crippen molar-refractivity contribution in [1.82, 2.24) is 15.1 Å². The number of nitrogens with one attached hydrogen (secondary N) is 1. The molecule has 0 aromatic heterocycles. The average Bonchev–Trinajstić information content (AvgIpc) is 2.89. The summed E-state index contributed by atoms with van der Waals surface area (Å²) in [6.45, 7) is 5.74. The molecular weight excluding hydrogens is 274 g/mol. The highest BCUT2D eigenvalue weighted by molar-refractivity contribution is 5.87. The Morgan fingerprint density at radius 2 is 1.67 bits per heavy atom. The summed E-state index contributed by atoms with van der Waals surface area (Å²) in [6, 6.07) is -0.824. The molecular formula is C14H23N3O4. The first-order valence-electron chi connectivity index (χ1n) is 7.47. The number of hydrogen-bond donors (Lipinski definition) is 2. The number of carbonyl (C=O) groups excluding carboxylic acids is 2. The normalized spacial score (nSPS) is 21.6. The molecule has 2 fully saturated rings. The molecule has 2 N–H and O–H groups in total. The van der Waals surface area contributed by atoms with Gasteiger partial charge in [0.1, 0.15) is 6.04 Å². The minimum absolute atomic E-state index is 0.00200. The van der Waals surface area contributed by atoms with Gasteiger partial charge in [0.05, 0.1) is 5.92 Å². The molecule has 7 heteroatoms. The summed E-state index contributed by atoms with van der Waals surface area (Å²) in [6.07, 6.45) is 2.04. The maximum Gasteiger partial charge on any atom is 0.318 e. The van der Waals surface area contributed by atoms with E-state index in [-0.39, 0.29) is 17.9 Å². The third kappa shape index (κ3) is 3.46. The second-order valence-electron chi connectivity index (χ2n) is 6.00. The van der Waals surface area contributed by atoms with Gasteiger partial charge in [0, 0.05) is 32.1 Å². The first kappa shape index (κ1) is 15.6. The molecule has 0 bridgehead atoms. The van der Waals surface area contributed by atoms with Gasteiger partial charge in [-0.1, -0.05) is 6.92 Å². The predicted octanol–water partition coefficient (Wildman–Crippen LogP) is 0.359. The van der Waals surface area contributed by atoms with Crippen LogP contribution < -0.4 is 5.32 Å². The number of rotatable bonds is 4. The predicted molar refractivity (Wildman–Crippen MR) is 75.7 cm³/mol. The molecule has 2 aliphatic rings. The van der Waals surface area contributed by atoms with Gasteiger partial charge in [-0.3, -0.25) is 9.59 Å². The van der Waals surface area contributed by atoms with Crippen molar-refractivity contribution in [3.8, 4) is 0 Å². The summed E-state index contributed by atoms with van der Waals surface area (Å²) < 4.78 is 0. The fourth-order valence-electron chi connectivity index (χ4n) is 2.75. The number of aliphatic carboxylic acids is 1. The lowest BCUT2D eigenvalue weighted by molar-refractivity contribution is -0.144. The smallest absolute Gasteiger partial charge is 0.318 e. The van der Waals surface area contributed by atoms with E-state index in [2.05, 4.69) is 5.32 Å². The molecule has 2 saturated heterocycles. The molecule has 7 nitrogen and oxygen atoms in total. The molecule has 0 radical (unpaired) electrons. The van der Waals surface area contributed by atoms with Crippen molar-refractivity contribution in [1.29, 1.82) is 0 Å². The number of hydrogen-bond acceptors (Lipinski definition) is 3. The number of amides is 3. The number of likely N-dealkylation sites (tertiary alicyclic amines) is 2. The van der Waals surface area contributed by atoms with Crippen LogP contribution in [0, 0.1) is 11.8 Å². The molecule has 118 valence electrons. The molecule has 0 aromatic rings. The highest BCUT2D eigenvalue weighted by Crippen LogP contribution is 2.24. The van der Waals surface area contributed by atoms with Gasteiger partial charge in [0.2, 0.25) is 5.91 Å². The van der Waals surface area contributed by atoms with E-state index < -0.39 is 17.9 Å². The van der Waals surface area contributed by atoms with E-state index in [1.54, 1.807) is 23.6 Å². The maximum atomic E-state index is 12.1. The largest absolute Gasteiger partial charge is 0.481 e. The van der Waals surface area contributed by atoms with Crippen LogP contribution in [0.5, 0.6) is 0 Å². The Labute approximate surface area is 124 Å². The van der Waals surface area contributed by atoms with Gasteiger partial charge in [-0.15, -0.1) is 0 Å². The van der Waals surface area contributed by atoms with E-state index in [0.29, 0.717) is 13.1 Å².